The number of hydrogen-bond acceptors (Lipinski definition) is 7. The highest BCUT2D eigenvalue weighted by Crippen LogP contribution is 2.35. The Hall–Kier alpha value is -5.97. The SMILES string of the molecule is C[C@@H]1CCC[C@H](n2cnc(-c3cc(Cl)cc4cnn(Cc5ccccc5)c34)cc2=O)c2cc(ccn2)-c2c(cnn2C(F)F)NC1=O.O=C(O)C(F)(F)F. The van der Waals surface area contributed by atoms with Gasteiger partial charge in [0, 0.05) is 39.7 Å². The van der Waals surface area contributed by atoms with Crippen LogP contribution in [-0.2, 0) is 16.1 Å². The van der Waals surface area contributed by atoms with Crippen LogP contribution in [0.2, 0.25) is 5.02 Å². The lowest BCUT2D eigenvalue weighted by atomic mass is 9.97. The number of amides is 1. The molecule has 0 saturated heterocycles. The van der Waals surface area contributed by atoms with Crippen LogP contribution in [0.5, 0.6) is 0 Å². The van der Waals surface area contributed by atoms with Crippen LogP contribution < -0.4 is 10.9 Å². The number of nitrogens with zero attached hydrogens (tertiary/aromatic N) is 7. The Morgan fingerprint density at radius 3 is 2.44 bits per heavy atom. The Balaban J connectivity index is 0.000000649. The first-order valence-corrected chi connectivity index (χ1v) is 16.8. The van der Waals surface area contributed by atoms with Gasteiger partial charge >= 0.3 is 18.7 Å². The van der Waals surface area contributed by atoms with Gasteiger partial charge in [-0.15, -0.1) is 0 Å². The van der Waals surface area contributed by atoms with Crippen LogP contribution in [0.4, 0.5) is 27.6 Å². The number of nitrogens with one attached hydrogen (secondary N) is 1. The van der Waals surface area contributed by atoms with Crippen molar-refractivity contribution >= 4 is 40.1 Å². The fraction of sp³-hybridized carbons (Fsp3) is 0.250. The van der Waals surface area contributed by atoms with E-state index in [1.807, 2.05) is 41.1 Å². The monoisotopic (exact) mass is 768 g/mol. The van der Waals surface area contributed by atoms with Gasteiger partial charge in [0.25, 0.3) is 5.56 Å². The average Bonchev–Trinajstić information content (AvgIpc) is 3.74. The van der Waals surface area contributed by atoms with Crippen molar-refractivity contribution in [2.45, 2.75) is 51.5 Å². The standard InChI is InChI=1S/C34H29ClF2N8O2.C2HF3O2/c1-20-6-5-9-29(27-13-22(10-11-38-27)32-28(42-33(20)47)17-41-45(32)34(36)37)43-19-39-26(15-30(43)46)25-14-24(35)12-23-16-40-44(31(23)25)18-21-7-3-2-4-8-21;3-2(4,5)1(6)7/h2-4,7-8,10-17,19-20,29,34H,5-6,9,18H2,1H3,(H,42,47);(H,6,7)/t20-,29+;/m1./s1. The third-order valence-electron chi connectivity index (χ3n) is 8.76. The van der Waals surface area contributed by atoms with Gasteiger partial charge in [-0.25, -0.2) is 14.5 Å². The molecule has 2 atom stereocenters. The molecular formula is C36H30ClF5N8O4. The fourth-order valence-corrected chi connectivity index (χ4v) is 6.39. The van der Waals surface area contributed by atoms with E-state index >= 15 is 0 Å². The third-order valence-corrected chi connectivity index (χ3v) is 8.98. The lowest BCUT2D eigenvalue weighted by molar-refractivity contribution is -0.192. The summed E-state index contributed by atoms with van der Waals surface area (Å²) < 4.78 is 63.7. The summed E-state index contributed by atoms with van der Waals surface area (Å²) in [4.78, 5) is 45.0. The van der Waals surface area contributed by atoms with E-state index in [1.54, 1.807) is 31.3 Å². The van der Waals surface area contributed by atoms with Crippen LogP contribution in [0.25, 0.3) is 33.4 Å². The molecule has 4 aromatic heterocycles. The van der Waals surface area contributed by atoms with E-state index in [2.05, 4.69) is 20.5 Å². The summed E-state index contributed by atoms with van der Waals surface area (Å²) in [5.41, 5.74) is 3.74. The maximum Gasteiger partial charge on any atom is 0.490 e. The Bertz CT molecular complexity index is 2380. The molecule has 0 aliphatic carbocycles. The van der Waals surface area contributed by atoms with Crippen LogP contribution >= 0.6 is 11.6 Å². The molecule has 18 heteroatoms. The van der Waals surface area contributed by atoms with Crippen molar-refractivity contribution in [3.63, 3.8) is 0 Å². The summed E-state index contributed by atoms with van der Waals surface area (Å²) in [5, 5.41) is 19.6. The number of carboxylic acids is 1. The van der Waals surface area contributed by atoms with Gasteiger partial charge in [0.2, 0.25) is 5.91 Å². The van der Waals surface area contributed by atoms with Crippen LogP contribution in [0, 0.1) is 5.92 Å². The van der Waals surface area contributed by atoms with E-state index in [1.165, 1.54) is 29.4 Å². The second-order valence-corrected chi connectivity index (χ2v) is 12.9. The molecule has 0 spiro atoms. The largest absolute Gasteiger partial charge is 0.490 e. The molecule has 0 radical (unpaired) electrons. The number of pyridine rings is 1. The Morgan fingerprint density at radius 2 is 1.76 bits per heavy atom. The molecule has 12 nitrogen and oxygen atoms in total. The second-order valence-electron chi connectivity index (χ2n) is 12.4. The molecule has 5 heterocycles. The molecule has 1 aliphatic rings. The van der Waals surface area contributed by atoms with Crippen molar-refractivity contribution in [3.05, 3.63) is 112 Å². The van der Waals surface area contributed by atoms with Gasteiger partial charge in [-0.2, -0.15) is 32.1 Å². The van der Waals surface area contributed by atoms with Crippen molar-refractivity contribution in [1.82, 2.24) is 34.1 Å². The van der Waals surface area contributed by atoms with Gasteiger partial charge in [-0.1, -0.05) is 55.3 Å². The number of aromatic nitrogens is 7. The minimum atomic E-state index is -5.08. The summed E-state index contributed by atoms with van der Waals surface area (Å²) in [6, 6.07) is 17.6. The number of fused-ring (bicyclic) bond motifs is 5. The predicted molar refractivity (Wildman–Crippen MR) is 188 cm³/mol. The normalized spacial score (nSPS) is 16.1. The van der Waals surface area contributed by atoms with Gasteiger partial charge in [0.1, 0.15) is 0 Å². The number of benzene rings is 2. The molecule has 2 bridgehead atoms. The highest BCUT2D eigenvalue weighted by atomic mass is 35.5. The summed E-state index contributed by atoms with van der Waals surface area (Å²) in [6.45, 7) is -0.639. The van der Waals surface area contributed by atoms with Crippen LogP contribution in [0.3, 0.4) is 0 Å². The smallest absolute Gasteiger partial charge is 0.475 e. The molecule has 2 aromatic carbocycles. The minimum Gasteiger partial charge on any atom is -0.475 e. The average molecular weight is 769 g/mol. The first kappa shape index (κ1) is 37.8. The van der Waals surface area contributed by atoms with Crippen LogP contribution in [0.1, 0.15) is 50.0 Å². The summed E-state index contributed by atoms with van der Waals surface area (Å²) in [7, 11) is 0. The molecule has 1 aliphatic heterocycles. The molecular weight excluding hydrogens is 739 g/mol. The number of hydrogen-bond donors (Lipinski definition) is 2. The van der Waals surface area contributed by atoms with Gasteiger partial charge in [0.15, 0.2) is 0 Å². The molecule has 280 valence electrons. The number of carboxylic acid groups (broad SMARTS) is 1. The number of carbonyl (C=O) groups is 2. The van der Waals surface area contributed by atoms with Gasteiger partial charge in [-0.3, -0.25) is 23.8 Å². The molecule has 7 rings (SSSR count). The Morgan fingerprint density at radius 1 is 1.02 bits per heavy atom. The molecule has 0 fully saturated rings. The summed E-state index contributed by atoms with van der Waals surface area (Å²) in [5.74, 6) is -3.46. The highest BCUT2D eigenvalue weighted by Gasteiger charge is 2.38. The maximum atomic E-state index is 14.0. The third kappa shape index (κ3) is 8.15. The zero-order valence-electron chi connectivity index (χ0n) is 28.2. The van der Waals surface area contributed by atoms with Crippen molar-refractivity contribution in [1.29, 1.82) is 0 Å². The van der Waals surface area contributed by atoms with E-state index in [0.29, 0.717) is 58.0 Å². The second kappa shape index (κ2) is 15.6. The zero-order chi connectivity index (χ0) is 38.7. The number of halogens is 6. The lowest BCUT2D eigenvalue weighted by Gasteiger charge is -2.22. The van der Waals surface area contributed by atoms with Crippen LogP contribution in [0.15, 0.2) is 90.4 Å². The highest BCUT2D eigenvalue weighted by molar-refractivity contribution is 6.31. The number of aliphatic carboxylic acids is 1. The molecule has 54 heavy (non-hydrogen) atoms. The topological polar surface area (TPSA) is 150 Å². The van der Waals surface area contributed by atoms with Crippen molar-refractivity contribution in [3.8, 4) is 22.5 Å². The first-order chi connectivity index (χ1) is 25.7. The zero-order valence-corrected chi connectivity index (χ0v) is 29.0. The van der Waals surface area contributed by atoms with Crippen LogP contribution in [-0.4, -0.2) is 57.3 Å². The number of rotatable bonds is 5. The lowest BCUT2D eigenvalue weighted by Crippen LogP contribution is -2.27. The van der Waals surface area contributed by atoms with Crippen molar-refractivity contribution < 1.29 is 36.6 Å². The van der Waals surface area contributed by atoms with Gasteiger partial charge < -0.3 is 10.4 Å². The van der Waals surface area contributed by atoms with Crippen molar-refractivity contribution in [2.75, 3.05) is 5.32 Å². The number of carbonyl (C=O) groups excluding carboxylic acids is 1. The molecule has 6 aromatic rings. The predicted octanol–water partition coefficient (Wildman–Crippen LogP) is 7.60. The van der Waals surface area contributed by atoms with Crippen molar-refractivity contribution in [2.24, 2.45) is 5.92 Å². The van der Waals surface area contributed by atoms with E-state index < -0.39 is 30.7 Å². The maximum absolute atomic E-state index is 14.0. The van der Waals surface area contributed by atoms with E-state index in [-0.39, 0.29) is 22.8 Å². The molecule has 2 N–H and O–H groups in total. The fourth-order valence-electron chi connectivity index (χ4n) is 6.16. The Kier molecular flexibility index (Phi) is 10.9. The molecule has 0 unspecified atom stereocenters. The van der Waals surface area contributed by atoms with E-state index in [9.17, 15) is 31.5 Å². The Labute approximate surface area is 307 Å². The number of anilines is 1. The minimum absolute atomic E-state index is 0.0569. The number of alkyl halides is 5. The molecule has 0 saturated carbocycles. The van der Waals surface area contributed by atoms with E-state index in [0.717, 1.165) is 16.5 Å². The quantitative estimate of drug-likeness (QED) is 0.170. The summed E-state index contributed by atoms with van der Waals surface area (Å²) >= 11 is 6.50. The van der Waals surface area contributed by atoms with Gasteiger partial charge in [0.05, 0.1) is 59.6 Å². The van der Waals surface area contributed by atoms with Gasteiger partial charge in [-0.05, 0) is 42.7 Å². The van der Waals surface area contributed by atoms with E-state index in [4.69, 9.17) is 26.5 Å². The molecule has 1 amide bonds. The first-order valence-electron chi connectivity index (χ1n) is 16.4. The summed E-state index contributed by atoms with van der Waals surface area (Å²) in [6.07, 6.45) is 2.43.